The third-order valence-electron chi connectivity index (χ3n) is 3.73. The molecule has 26 heavy (non-hydrogen) atoms. The number of aryl methyl sites for hydroxylation is 1. The first-order chi connectivity index (χ1) is 12.5. The summed E-state index contributed by atoms with van der Waals surface area (Å²) in [6.07, 6.45) is 0. The zero-order chi connectivity index (χ0) is 18.7. The van der Waals surface area contributed by atoms with Crippen LogP contribution in [0.4, 0.5) is 5.13 Å². The molecule has 0 bridgehead atoms. The van der Waals surface area contributed by atoms with Crippen LogP contribution in [0.1, 0.15) is 32.1 Å². The van der Waals surface area contributed by atoms with Gasteiger partial charge < -0.3 is 5.73 Å². The summed E-state index contributed by atoms with van der Waals surface area (Å²) in [4.78, 5) is 24.9. The van der Waals surface area contributed by atoms with Crippen LogP contribution in [0.5, 0.6) is 0 Å². The number of carbonyl (C=O) groups excluding carboxylic acids is 2. The van der Waals surface area contributed by atoms with Crippen LogP contribution in [0.25, 0.3) is 0 Å². The van der Waals surface area contributed by atoms with Gasteiger partial charge in [0.15, 0.2) is 10.1 Å². The van der Waals surface area contributed by atoms with Gasteiger partial charge in [0.1, 0.15) is 0 Å². The number of carbonyl (C=O) groups is 2. The van der Waals surface area contributed by atoms with Crippen LogP contribution in [0.3, 0.4) is 0 Å². The summed E-state index contributed by atoms with van der Waals surface area (Å²) in [7, 11) is 0. The van der Waals surface area contributed by atoms with Crippen molar-refractivity contribution in [3.8, 4) is 0 Å². The van der Waals surface area contributed by atoms with Crippen LogP contribution in [0.2, 0.25) is 0 Å². The maximum absolute atomic E-state index is 12.5. The molecule has 7 nitrogen and oxygen atoms in total. The number of nitrogens with zero attached hydrogens (tertiary/aromatic N) is 3. The van der Waals surface area contributed by atoms with Gasteiger partial charge in [-0.1, -0.05) is 41.3 Å². The fraction of sp³-hybridized carbons (Fsp3) is 0.176. The molecule has 0 aliphatic rings. The smallest absolute Gasteiger partial charge is 0.270 e. The van der Waals surface area contributed by atoms with Crippen LogP contribution in [-0.4, -0.2) is 32.3 Å². The molecular formula is C17H17N5O2S2. The number of benzene rings is 1. The normalized spacial score (nSPS) is 10.7. The number of thioether (sulfide) groups is 1. The van der Waals surface area contributed by atoms with E-state index in [1.54, 1.807) is 41.9 Å². The second-order valence-electron chi connectivity index (χ2n) is 5.55. The van der Waals surface area contributed by atoms with E-state index in [4.69, 9.17) is 5.73 Å². The summed E-state index contributed by atoms with van der Waals surface area (Å²) >= 11 is 2.55. The fourth-order valence-corrected chi connectivity index (χ4v) is 3.98. The Morgan fingerprint density at radius 3 is 2.62 bits per heavy atom. The first-order valence-corrected chi connectivity index (χ1v) is 9.56. The minimum absolute atomic E-state index is 0.0444. The molecule has 3 rings (SSSR count). The van der Waals surface area contributed by atoms with Crippen molar-refractivity contribution in [3.05, 3.63) is 58.9 Å². The first kappa shape index (κ1) is 18.2. The molecule has 2 aromatic heterocycles. The van der Waals surface area contributed by atoms with E-state index in [2.05, 4.69) is 15.6 Å². The van der Waals surface area contributed by atoms with Crippen LogP contribution in [0.15, 0.2) is 40.7 Å². The highest BCUT2D eigenvalue weighted by atomic mass is 32.2. The Balaban J connectivity index is 1.72. The minimum atomic E-state index is -0.231. The number of ketones is 1. The van der Waals surface area contributed by atoms with E-state index in [0.717, 1.165) is 5.69 Å². The summed E-state index contributed by atoms with van der Waals surface area (Å²) in [5, 5.41) is 8.00. The molecule has 134 valence electrons. The molecular weight excluding hydrogens is 370 g/mol. The number of nitrogens with one attached hydrogen (secondary N) is 1. The molecule has 2 heterocycles. The van der Waals surface area contributed by atoms with Crippen molar-refractivity contribution >= 4 is 39.9 Å². The standard InChI is InChI=1S/C17H17N5O2S2/c1-10-8-13(14(23)9-25-17-20-19-16(18)26-17)11(2)22(10)21-15(24)12-6-4-3-5-7-12/h3-8H,9H2,1-2H3,(H2,18,19)(H,21,24). The summed E-state index contributed by atoms with van der Waals surface area (Å²) in [6, 6.07) is 10.7. The number of anilines is 1. The van der Waals surface area contributed by atoms with Gasteiger partial charge in [0.05, 0.1) is 5.75 Å². The van der Waals surface area contributed by atoms with Gasteiger partial charge in [-0.3, -0.25) is 19.7 Å². The van der Waals surface area contributed by atoms with Crippen LogP contribution < -0.4 is 11.2 Å². The van der Waals surface area contributed by atoms with Gasteiger partial charge >= 0.3 is 0 Å². The second kappa shape index (κ2) is 7.71. The third kappa shape index (κ3) is 3.94. The zero-order valence-electron chi connectivity index (χ0n) is 14.2. The molecule has 0 unspecified atom stereocenters. The predicted octanol–water partition coefficient (Wildman–Crippen LogP) is 2.90. The summed E-state index contributed by atoms with van der Waals surface area (Å²) < 4.78 is 2.29. The Morgan fingerprint density at radius 2 is 1.96 bits per heavy atom. The van der Waals surface area contributed by atoms with E-state index in [0.29, 0.717) is 26.3 Å². The Labute approximate surface area is 158 Å². The Kier molecular flexibility index (Phi) is 5.38. The van der Waals surface area contributed by atoms with Crippen molar-refractivity contribution in [2.75, 3.05) is 16.9 Å². The second-order valence-corrected chi connectivity index (χ2v) is 7.78. The molecule has 0 radical (unpaired) electrons. The molecule has 0 spiro atoms. The molecule has 1 aromatic carbocycles. The molecule has 1 amide bonds. The van der Waals surface area contributed by atoms with Crippen LogP contribution >= 0.6 is 23.1 Å². The predicted molar refractivity (Wildman–Crippen MR) is 103 cm³/mol. The van der Waals surface area contributed by atoms with Gasteiger partial charge in [0.25, 0.3) is 5.91 Å². The molecule has 0 atom stereocenters. The number of nitrogens with two attached hydrogens (primary N) is 1. The fourth-order valence-electron chi connectivity index (χ4n) is 2.46. The molecule has 3 N–H and O–H groups in total. The van der Waals surface area contributed by atoms with Gasteiger partial charge in [0.2, 0.25) is 5.13 Å². The summed E-state index contributed by atoms with van der Waals surface area (Å²) in [5.74, 6) is -0.0480. The molecule has 0 aliphatic carbocycles. The lowest BCUT2D eigenvalue weighted by Crippen LogP contribution is -2.25. The van der Waals surface area contributed by atoms with Crippen molar-refractivity contribution in [1.82, 2.24) is 14.9 Å². The quantitative estimate of drug-likeness (QED) is 0.498. The first-order valence-electron chi connectivity index (χ1n) is 7.76. The van der Waals surface area contributed by atoms with Crippen LogP contribution in [0, 0.1) is 13.8 Å². The number of nitrogen functional groups attached to an aromatic ring is 1. The van der Waals surface area contributed by atoms with E-state index in [9.17, 15) is 9.59 Å². The molecule has 0 saturated carbocycles. The van der Waals surface area contributed by atoms with Crippen molar-refractivity contribution < 1.29 is 9.59 Å². The maximum atomic E-state index is 12.5. The number of amides is 1. The minimum Gasteiger partial charge on any atom is -0.374 e. The molecule has 3 aromatic rings. The van der Waals surface area contributed by atoms with Crippen molar-refractivity contribution in [1.29, 1.82) is 0 Å². The van der Waals surface area contributed by atoms with Gasteiger partial charge in [-0.2, -0.15) is 0 Å². The molecule has 0 aliphatic heterocycles. The highest BCUT2D eigenvalue weighted by Crippen LogP contribution is 2.25. The van der Waals surface area contributed by atoms with E-state index in [-0.39, 0.29) is 17.4 Å². The molecule has 0 saturated heterocycles. The number of hydrogen-bond acceptors (Lipinski definition) is 7. The lowest BCUT2D eigenvalue weighted by molar-refractivity contribution is 0.0999. The van der Waals surface area contributed by atoms with Gasteiger partial charge in [0, 0.05) is 22.5 Å². The van der Waals surface area contributed by atoms with E-state index >= 15 is 0 Å². The number of Topliss-reactive ketones (excluding diaryl/α,β-unsaturated/α-hetero) is 1. The number of rotatable bonds is 6. The van der Waals surface area contributed by atoms with E-state index < -0.39 is 0 Å². The van der Waals surface area contributed by atoms with Gasteiger partial charge in [-0.05, 0) is 32.0 Å². The molecule has 9 heteroatoms. The van der Waals surface area contributed by atoms with Crippen molar-refractivity contribution in [2.45, 2.75) is 18.2 Å². The number of aromatic nitrogens is 3. The third-order valence-corrected chi connectivity index (χ3v) is 5.62. The van der Waals surface area contributed by atoms with Crippen LogP contribution in [-0.2, 0) is 0 Å². The van der Waals surface area contributed by atoms with Crippen molar-refractivity contribution in [2.24, 2.45) is 0 Å². The van der Waals surface area contributed by atoms with E-state index in [1.807, 2.05) is 13.0 Å². The summed E-state index contributed by atoms with van der Waals surface area (Å²) in [5.41, 5.74) is 11.0. The maximum Gasteiger partial charge on any atom is 0.270 e. The van der Waals surface area contributed by atoms with E-state index in [1.165, 1.54) is 23.1 Å². The monoisotopic (exact) mass is 387 g/mol. The summed E-state index contributed by atoms with van der Waals surface area (Å²) in [6.45, 7) is 3.65. The average molecular weight is 387 g/mol. The number of hydrogen-bond donors (Lipinski definition) is 2. The Hall–Kier alpha value is -2.65. The Morgan fingerprint density at radius 1 is 1.23 bits per heavy atom. The van der Waals surface area contributed by atoms with Gasteiger partial charge in [-0.25, -0.2) is 0 Å². The van der Waals surface area contributed by atoms with Gasteiger partial charge in [-0.15, -0.1) is 10.2 Å². The highest BCUT2D eigenvalue weighted by molar-refractivity contribution is 8.01. The zero-order valence-corrected chi connectivity index (χ0v) is 15.9. The lowest BCUT2D eigenvalue weighted by Gasteiger charge is -2.11. The molecule has 0 fully saturated rings. The lowest BCUT2D eigenvalue weighted by atomic mass is 10.2. The topological polar surface area (TPSA) is 103 Å². The average Bonchev–Trinajstić information content (AvgIpc) is 3.18. The largest absolute Gasteiger partial charge is 0.374 e. The highest BCUT2D eigenvalue weighted by Gasteiger charge is 2.18. The van der Waals surface area contributed by atoms with Crippen molar-refractivity contribution in [3.63, 3.8) is 0 Å². The Bertz CT molecular complexity index is 949. The SMILES string of the molecule is Cc1cc(C(=O)CSc2nnc(N)s2)c(C)n1NC(=O)c1ccccc1.